The minimum atomic E-state index is -0.235. The van der Waals surface area contributed by atoms with Crippen LogP contribution in [0.4, 0.5) is 0 Å². The van der Waals surface area contributed by atoms with Gasteiger partial charge < -0.3 is 14.2 Å². The summed E-state index contributed by atoms with van der Waals surface area (Å²) in [6.07, 6.45) is 1.58. The minimum absolute atomic E-state index is 0.235. The van der Waals surface area contributed by atoms with Crippen molar-refractivity contribution in [3.63, 3.8) is 0 Å². The lowest BCUT2D eigenvalue weighted by Crippen LogP contribution is -2.21. The quantitative estimate of drug-likeness (QED) is 0.685. The number of rotatable bonds is 7. The second-order valence-electron chi connectivity index (χ2n) is 5.51. The molecule has 0 saturated carbocycles. The van der Waals surface area contributed by atoms with Crippen LogP contribution in [0, 0.1) is 6.92 Å². The summed E-state index contributed by atoms with van der Waals surface area (Å²) in [5.74, 6) is 3.26. The molecule has 2 heterocycles. The highest BCUT2D eigenvalue weighted by Crippen LogP contribution is 2.20. The Labute approximate surface area is 145 Å². The van der Waals surface area contributed by atoms with Gasteiger partial charge in [0.25, 0.3) is 5.91 Å². The molecule has 1 N–H and O–H groups in total. The third-order valence-corrected chi connectivity index (χ3v) is 4.51. The maximum absolute atomic E-state index is 12.0. The minimum Gasteiger partial charge on any atom is -0.467 e. The second-order valence-corrected chi connectivity index (χ2v) is 6.50. The van der Waals surface area contributed by atoms with Gasteiger partial charge in [-0.15, -0.1) is 11.8 Å². The Hall–Kier alpha value is -2.40. The van der Waals surface area contributed by atoms with E-state index in [0.717, 1.165) is 17.3 Å². The Bertz CT molecular complexity index is 793. The number of carbonyl (C=O) groups excluding carboxylic acids is 1. The predicted octanol–water partition coefficient (Wildman–Crippen LogP) is 4.54. The molecule has 5 heteroatoms. The van der Waals surface area contributed by atoms with E-state index in [2.05, 4.69) is 36.5 Å². The van der Waals surface area contributed by atoms with Crippen LogP contribution < -0.4 is 5.32 Å². The summed E-state index contributed by atoms with van der Waals surface area (Å²) in [6.45, 7) is 2.44. The van der Waals surface area contributed by atoms with Crippen molar-refractivity contribution >= 4 is 17.7 Å². The van der Waals surface area contributed by atoms with Gasteiger partial charge in [-0.05, 0) is 36.8 Å². The van der Waals surface area contributed by atoms with Crippen molar-refractivity contribution in [1.29, 1.82) is 0 Å². The van der Waals surface area contributed by atoms with Gasteiger partial charge in [0.15, 0.2) is 5.76 Å². The highest BCUT2D eigenvalue weighted by molar-refractivity contribution is 7.97. The first kappa shape index (κ1) is 16.5. The zero-order chi connectivity index (χ0) is 16.8. The summed E-state index contributed by atoms with van der Waals surface area (Å²) in [5.41, 5.74) is 2.56. The largest absolute Gasteiger partial charge is 0.467 e. The monoisotopic (exact) mass is 341 g/mol. The third-order valence-electron chi connectivity index (χ3n) is 3.48. The van der Waals surface area contributed by atoms with E-state index < -0.39 is 0 Å². The number of amides is 1. The van der Waals surface area contributed by atoms with Gasteiger partial charge in [0.1, 0.15) is 11.5 Å². The number of hydrogen-bond donors (Lipinski definition) is 1. The van der Waals surface area contributed by atoms with Crippen LogP contribution in [0.2, 0.25) is 0 Å². The Kier molecular flexibility index (Phi) is 5.43. The van der Waals surface area contributed by atoms with Gasteiger partial charge in [-0.25, -0.2) is 0 Å². The Morgan fingerprint density at radius 3 is 2.79 bits per heavy atom. The van der Waals surface area contributed by atoms with Crippen molar-refractivity contribution in [1.82, 2.24) is 5.32 Å². The van der Waals surface area contributed by atoms with Crippen LogP contribution in [-0.4, -0.2) is 5.91 Å². The van der Waals surface area contributed by atoms with E-state index in [1.165, 1.54) is 11.1 Å². The lowest BCUT2D eigenvalue weighted by molar-refractivity contribution is 0.0919. The van der Waals surface area contributed by atoms with Gasteiger partial charge in [0.05, 0.1) is 18.6 Å². The zero-order valence-corrected chi connectivity index (χ0v) is 14.3. The molecule has 3 rings (SSSR count). The number of carbonyl (C=O) groups is 1. The first-order valence-corrected chi connectivity index (χ1v) is 8.89. The fourth-order valence-corrected chi connectivity index (χ4v) is 3.19. The summed E-state index contributed by atoms with van der Waals surface area (Å²) in [7, 11) is 0. The van der Waals surface area contributed by atoms with Crippen LogP contribution in [0.15, 0.2) is 63.6 Å². The number of thioether (sulfide) groups is 1. The van der Waals surface area contributed by atoms with E-state index in [1.807, 2.05) is 12.1 Å². The number of nitrogens with one attached hydrogen (secondary N) is 1. The van der Waals surface area contributed by atoms with Crippen LogP contribution in [0.3, 0.4) is 0 Å². The molecule has 0 fully saturated rings. The third kappa shape index (κ3) is 4.55. The number of benzene rings is 1. The normalized spacial score (nSPS) is 10.7. The summed E-state index contributed by atoms with van der Waals surface area (Å²) in [6, 6.07) is 15.6. The highest BCUT2D eigenvalue weighted by Gasteiger charge is 2.11. The molecule has 3 aromatic rings. The predicted molar refractivity (Wildman–Crippen MR) is 94.8 cm³/mol. The first-order valence-electron chi connectivity index (χ1n) is 7.73. The average Bonchev–Trinajstić information content (AvgIpc) is 3.24. The highest BCUT2D eigenvalue weighted by atomic mass is 32.2. The molecule has 24 heavy (non-hydrogen) atoms. The molecule has 0 spiro atoms. The molecule has 0 aliphatic heterocycles. The molecular formula is C19H19NO3S. The molecule has 1 amide bonds. The van der Waals surface area contributed by atoms with Crippen molar-refractivity contribution in [2.45, 2.75) is 25.0 Å². The van der Waals surface area contributed by atoms with Crippen LogP contribution in [0.5, 0.6) is 0 Å². The Morgan fingerprint density at radius 1 is 1.08 bits per heavy atom. The summed E-state index contributed by atoms with van der Waals surface area (Å²) in [4.78, 5) is 12.0. The average molecular weight is 341 g/mol. The Balaban J connectivity index is 1.47. The fourth-order valence-electron chi connectivity index (χ4n) is 2.32. The molecule has 0 aliphatic carbocycles. The first-order chi connectivity index (χ1) is 11.7. The number of aryl methyl sites for hydroxylation is 1. The molecule has 0 unspecified atom stereocenters. The molecule has 0 saturated heterocycles. The summed E-state index contributed by atoms with van der Waals surface area (Å²) < 4.78 is 10.8. The van der Waals surface area contributed by atoms with Crippen molar-refractivity contribution in [3.05, 3.63) is 83.2 Å². The second kappa shape index (κ2) is 7.93. The van der Waals surface area contributed by atoms with Gasteiger partial charge in [0.2, 0.25) is 0 Å². The van der Waals surface area contributed by atoms with E-state index in [4.69, 9.17) is 8.83 Å². The van der Waals surface area contributed by atoms with E-state index >= 15 is 0 Å². The van der Waals surface area contributed by atoms with Gasteiger partial charge in [-0.3, -0.25) is 4.79 Å². The van der Waals surface area contributed by atoms with Crippen LogP contribution in [-0.2, 0) is 18.1 Å². The van der Waals surface area contributed by atoms with Crippen LogP contribution in [0.1, 0.15) is 33.2 Å². The van der Waals surface area contributed by atoms with Crippen LogP contribution in [0.25, 0.3) is 0 Å². The van der Waals surface area contributed by atoms with E-state index in [1.54, 1.807) is 30.2 Å². The number of furan rings is 2. The van der Waals surface area contributed by atoms with Crippen molar-refractivity contribution in [2.24, 2.45) is 0 Å². The molecular weight excluding hydrogens is 322 g/mol. The SMILES string of the molecule is Cc1cccc(CSCc2ccc(C(=O)NCc3ccco3)o2)c1. The van der Waals surface area contributed by atoms with Crippen LogP contribution >= 0.6 is 11.8 Å². The summed E-state index contributed by atoms with van der Waals surface area (Å²) >= 11 is 1.76. The van der Waals surface area contributed by atoms with Crippen molar-refractivity contribution in [2.75, 3.05) is 0 Å². The zero-order valence-electron chi connectivity index (χ0n) is 13.5. The molecule has 124 valence electrons. The number of hydrogen-bond acceptors (Lipinski definition) is 4. The van der Waals surface area contributed by atoms with Gasteiger partial charge in [-0.2, -0.15) is 0 Å². The van der Waals surface area contributed by atoms with E-state index in [0.29, 0.717) is 18.1 Å². The molecule has 4 nitrogen and oxygen atoms in total. The fraction of sp³-hybridized carbons (Fsp3) is 0.211. The smallest absolute Gasteiger partial charge is 0.287 e. The molecule has 0 atom stereocenters. The molecule has 2 aromatic heterocycles. The molecule has 0 aliphatic rings. The Morgan fingerprint density at radius 2 is 2.00 bits per heavy atom. The van der Waals surface area contributed by atoms with Gasteiger partial charge in [0, 0.05) is 5.75 Å². The topological polar surface area (TPSA) is 55.4 Å². The van der Waals surface area contributed by atoms with Crippen molar-refractivity contribution < 1.29 is 13.6 Å². The maximum Gasteiger partial charge on any atom is 0.287 e. The lowest BCUT2D eigenvalue weighted by atomic mass is 10.2. The summed E-state index contributed by atoms with van der Waals surface area (Å²) in [5, 5.41) is 2.77. The van der Waals surface area contributed by atoms with Gasteiger partial charge >= 0.3 is 0 Å². The van der Waals surface area contributed by atoms with E-state index in [9.17, 15) is 4.79 Å². The molecule has 0 radical (unpaired) electrons. The standard InChI is InChI=1S/C19H19NO3S/c1-14-4-2-5-15(10-14)12-24-13-17-7-8-18(23-17)19(21)20-11-16-6-3-9-22-16/h2-10H,11-13H2,1H3,(H,20,21). The van der Waals surface area contributed by atoms with Crippen molar-refractivity contribution in [3.8, 4) is 0 Å². The molecule has 0 bridgehead atoms. The lowest BCUT2D eigenvalue weighted by Gasteiger charge is -2.02. The van der Waals surface area contributed by atoms with E-state index in [-0.39, 0.29) is 5.91 Å². The maximum atomic E-state index is 12.0. The molecule has 1 aromatic carbocycles. The van der Waals surface area contributed by atoms with Gasteiger partial charge in [-0.1, -0.05) is 29.8 Å².